The fraction of sp³-hybridized carbons (Fsp3) is 0.453. The summed E-state index contributed by atoms with van der Waals surface area (Å²) in [5.74, 6) is 0.810. The Morgan fingerprint density at radius 1 is 0.877 bits per heavy atom. The number of fused-ring (bicyclic) bond motifs is 1. The first kappa shape index (κ1) is 48.9. The molecule has 4 fully saturated rings. The molecule has 10 rings (SSSR count). The lowest BCUT2D eigenvalue weighted by molar-refractivity contribution is -0.134. The van der Waals surface area contributed by atoms with Gasteiger partial charge < -0.3 is 29.9 Å². The number of imide groups is 1. The number of nitrogens with one attached hydrogen (secondary N) is 3. The van der Waals surface area contributed by atoms with E-state index >= 15 is 4.39 Å². The van der Waals surface area contributed by atoms with Crippen LogP contribution < -0.4 is 35.2 Å². The molecule has 1 unspecified atom stereocenters. The van der Waals surface area contributed by atoms with Crippen molar-refractivity contribution in [1.29, 1.82) is 5.26 Å². The van der Waals surface area contributed by atoms with E-state index in [1.54, 1.807) is 36.3 Å². The van der Waals surface area contributed by atoms with Gasteiger partial charge in [0.15, 0.2) is 0 Å². The molecule has 0 spiro atoms. The predicted molar refractivity (Wildman–Crippen MR) is 272 cm³/mol. The SMILES string of the molecule is COc1ccc(CC2(C(=O)NC(C)C)CCN(c3ccc(-c4nc(-c5cnn(C6CCC(N7CCN(c8cc(OC)c(NC9CCC(=O)NC9=O)cc8F)CC7)CC6)c5)cn5ncc(C#N)c45)cn3)CC2)nc1. The van der Waals surface area contributed by atoms with Crippen LogP contribution in [0.25, 0.3) is 28.0 Å². The molecule has 1 saturated carbocycles. The number of methoxy groups -OCH3 is 2. The third-order valence-electron chi connectivity index (χ3n) is 15.1. The van der Waals surface area contributed by atoms with Gasteiger partial charge in [0.1, 0.15) is 46.3 Å². The molecule has 0 radical (unpaired) electrons. The number of rotatable bonds is 14. The number of carbonyl (C=O) groups excluding carboxylic acids is 3. The van der Waals surface area contributed by atoms with Crippen molar-refractivity contribution in [2.24, 2.45) is 5.41 Å². The van der Waals surface area contributed by atoms with Crippen molar-refractivity contribution < 1.29 is 28.2 Å². The number of piperazine rings is 1. The highest BCUT2D eigenvalue weighted by Gasteiger charge is 2.42. The molecule has 1 atom stereocenters. The number of nitrogens with zero attached hydrogens (tertiary/aromatic N) is 11. The molecule has 20 heteroatoms. The molecule has 380 valence electrons. The number of aromatic nitrogens is 7. The lowest BCUT2D eigenvalue weighted by atomic mass is 9.73. The second-order valence-corrected chi connectivity index (χ2v) is 20.0. The first-order chi connectivity index (χ1) is 35.4. The standard InChI is InChI=1S/C53H61FN14O5/c1-33(2)60-52(71)53(25-37-6-11-40(72-3)30-56-37)15-17-66(18-16-53)47-13-5-34(27-57-47)49-50-35(26-55)28-59-68(50)32-44(62-49)36-29-58-67(31-36)39-9-7-38(8-10-39)64-19-21-65(22-20-64)45-24-46(73-4)43(23-41(45)54)61-42-12-14-48(69)63-51(42)70/h5-6,11,13,23-24,27-33,38-39,42,61H,7-10,12,14-22,25H2,1-4H3,(H,60,71)(H,63,69,70). The number of hydrogen-bond acceptors (Lipinski definition) is 15. The van der Waals surface area contributed by atoms with Gasteiger partial charge in [-0.1, -0.05) is 0 Å². The van der Waals surface area contributed by atoms with E-state index in [1.807, 2.05) is 50.5 Å². The average Bonchev–Trinajstić information content (AvgIpc) is 4.08. The Kier molecular flexibility index (Phi) is 14.0. The molecule has 6 aromatic rings. The van der Waals surface area contributed by atoms with E-state index in [2.05, 4.69) is 57.7 Å². The summed E-state index contributed by atoms with van der Waals surface area (Å²) in [7, 11) is 3.13. The monoisotopic (exact) mass is 992 g/mol. The second kappa shape index (κ2) is 20.8. The van der Waals surface area contributed by atoms with Crippen LogP contribution >= 0.6 is 0 Å². The fourth-order valence-corrected chi connectivity index (χ4v) is 11.0. The van der Waals surface area contributed by atoms with Crippen LogP contribution in [0.15, 0.2) is 73.6 Å². The fourth-order valence-electron chi connectivity index (χ4n) is 11.0. The number of carbonyl (C=O) groups is 3. The summed E-state index contributed by atoms with van der Waals surface area (Å²) in [6.45, 7) is 8.17. The Morgan fingerprint density at radius 2 is 1.66 bits per heavy atom. The highest BCUT2D eigenvalue weighted by Crippen LogP contribution is 2.39. The molecular formula is C53H61FN14O5. The lowest BCUT2D eigenvalue weighted by Crippen LogP contribution is -2.51. The molecule has 1 aromatic carbocycles. The number of anilines is 3. The van der Waals surface area contributed by atoms with Crippen molar-refractivity contribution in [1.82, 2.24) is 49.9 Å². The van der Waals surface area contributed by atoms with E-state index in [0.717, 1.165) is 61.4 Å². The molecule has 1 aliphatic carbocycles. The minimum Gasteiger partial charge on any atom is -0.495 e. The Morgan fingerprint density at radius 3 is 2.33 bits per heavy atom. The highest BCUT2D eigenvalue weighted by atomic mass is 19.1. The summed E-state index contributed by atoms with van der Waals surface area (Å²) in [5, 5.41) is 28.0. The predicted octanol–water partition coefficient (Wildman–Crippen LogP) is 5.95. The largest absolute Gasteiger partial charge is 0.495 e. The Labute approximate surface area is 423 Å². The number of halogens is 1. The van der Waals surface area contributed by atoms with E-state index in [4.69, 9.17) is 24.5 Å². The zero-order valence-electron chi connectivity index (χ0n) is 41.7. The van der Waals surface area contributed by atoms with Crippen LogP contribution in [0.3, 0.4) is 0 Å². The van der Waals surface area contributed by atoms with E-state index in [1.165, 1.54) is 13.2 Å². The summed E-state index contributed by atoms with van der Waals surface area (Å²) in [6, 6.07) is 13.1. The molecule has 8 heterocycles. The van der Waals surface area contributed by atoms with Crippen LogP contribution in [0.2, 0.25) is 0 Å². The summed E-state index contributed by atoms with van der Waals surface area (Å²) in [5.41, 5.74) is 4.93. The van der Waals surface area contributed by atoms with Crippen LogP contribution in [0.5, 0.6) is 11.5 Å². The molecule has 3 saturated heterocycles. The summed E-state index contributed by atoms with van der Waals surface area (Å²) >= 11 is 0. The summed E-state index contributed by atoms with van der Waals surface area (Å²) in [4.78, 5) is 59.2. The van der Waals surface area contributed by atoms with Gasteiger partial charge in [0.25, 0.3) is 0 Å². The van der Waals surface area contributed by atoms with Crippen molar-refractivity contribution in [3.63, 3.8) is 0 Å². The van der Waals surface area contributed by atoms with Gasteiger partial charge in [-0.3, -0.25) is 34.3 Å². The minimum atomic E-state index is -0.651. The van der Waals surface area contributed by atoms with E-state index in [0.29, 0.717) is 103 Å². The van der Waals surface area contributed by atoms with E-state index in [9.17, 15) is 19.6 Å². The summed E-state index contributed by atoms with van der Waals surface area (Å²) in [6.07, 6.45) is 17.1. The number of amides is 3. The first-order valence-electron chi connectivity index (χ1n) is 25.2. The van der Waals surface area contributed by atoms with E-state index < -0.39 is 23.2 Å². The number of nitriles is 1. The third-order valence-corrected chi connectivity index (χ3v) is 15.1. The summed E-state index contributed by atoms with van der Waals surface area (Å²) < 4.78 is 30.3. The van der Waals surface area contributed by atoms with Crippen molar-refractivity contribution in [2.75, 3.05) is 68.6 Å². The molecule has 5 aromatic heterocycles. The van der Waals surface area contributed by atoms with Crippen LogP contribution in [0.1, 0.15) is 82.5 Å². The molecule has 3 aliphatic heterocycles. The van der Waals surface area contributed by atoms with Gasteiger partial charge in [0.05, 0.1) is 73.2 Å². The normalized spacial score (nSPS) is 20.4. The zero-order chi connectivity index (χ0) is 50.8. The van der Waals surface area contributed by atoms with Gasteiger partial charge in [-0.2, -0.15) is 15.5 Å². The molecule has 3 amide bonds. The number of hydrogen-bond donors (Lipinski definition) is 3. The second-order valence-electron chi connectivity index (χ2n) is 20.0. The van der Waals surface area contributed by atoms with Gasteiger partial charge in [-0.15, -0.1) is 0 Å². The number of piperidine rings is 2. The van der Waals surface area contributed by atoms with Gasteiger partial charge in [0, 0.05) is 106 Å². The van der Waals surface area contributed by atoms with Crippen molar-refractivity contribution in [3.8, 4) is 40.1 Å². The molecule has 19 nitrogen and oxygen atoms in total. The third kappa shape index (κ3) is 10.2. The van der Waals surface area contributed by atoms with E-state index in [-0.39, 0.29) is 30.3 Å². The molecular weight excluding hydrogens is 932 g/mol. The van der Waals surface area contributed by atoms with Crippen LogP contribution in [0.4, 0.5) is 21.6 Å². The molecule has 3 N–H and O–H groups in total. The van der Waals surface area contributed by atoms with Crippen LogP contribution in [-0.4, -0.2) is 129 Å². The first-order valence-corrected chi connectivity index (χ1v) is 25.2. The quantitative estimate of drug-likeness (QED) is 0.108. The van der Waals surface area contributed by atoms with Gasteiger partial charge in [-0.25, -0.2) is 18.9 Å². The van der Waals surface area contributed by atoms with Crippen LogP contribution in [0, 0.1) is 22.6 Å². The van der Waals surface area contributed by atoms with Gasteiger partial charge >= 0.3 is 0 Å². The number of ether oxygens (including phenoxy) is 2. The van der Waals surface area contributed by atoms with Crippen molar-refractivity contribution in [3.05, 3.63) is 90.7 Å². The Bertz CT molecular complexity index is 3020. The Hall–Kier alpha value is -7.66. The molecule has 0 bridgehead atoms. The highest BCUT2D eigenvalue weighted by molar-refractivity contribution is 6.01. The van der Waals surface area contributed by atoms with Crippen molar-refractivity contribution in [2.45, 2.75) is 95.8 Å². The zero-order valence-corrected chi connectivity index (χ0v) is 41.7. The molecule has 4 aliphatic rings. The van der Waals surface area contributed by atoms with Crippen LogP contribution in [-0.2, 0) is 20.8 Å². The number of pyridine rings is 2. The lowest BCUT2D eigenvalue weighted by Gasteiger charge is -2.42. The smallest absolute Gasteiger partial charge is 0.249 e. The maximum absolute atomic E-state index is 15.7. The maximum atomic E-state index is 15.7. The van der Waals surface area contributed by atoms with Crippen molar-refractivity contribution >= 4 is 40.4 Å². The maximum Gasteiger partial charge on any atom is 0.249 e. The topological polar surface area (TPSA) is 213 Å². The minimum absolute atomic E-state index is 0.0140. The molecule has 73 heavy (non-hydrogen) atoms. The Balaban J connectivity index is 0.773. The van der Waals surface area contributed by atoms with Gasteiger partial charge in [0.2, 0.25) is 17.7 Å². The number of benzene rings is 1. The average molecular weight is 993 g/mol. The van der Waals surface area contributed by atoms with Gasteiger partial charge in [-0.05, 0) is 83.1 Å².